The molecule has 6 nitrogen and oxygen atoms in total. The van der Waals surface area contributed by atoms with Crippen molar-refractivity contribution in [3.8, 4) is 0 Å². The first-order valence-corrected chi connectivity index (χ1v) is 9.39. The highest BCUT2D eigenvalue weighted by molar-refractivity contribution is 6.24. The number of ketones is 2. The van der Waals surface area contributed by atoms with Gasteiger partial charge in [0.25, 0.3) is 0 Å². The van der Waals surface area contributed by atoms with Crippen molar-refractivity contribution in [3.05, 3.63) is 22.3 Å². The molecule has 1 aliphatic heterocycles. The van der Waals surface area contributed by atoms with E-state index in [2.05, 4.69) is 4.90 Å². The first kappa shape index (κ1) is 20.5. The summed E-state index contributed by atoms with van der Waals surface area (Å²) in [4.78, 5) is 38.9. The number of morpholine rings is 1. The Morgan fingerprint density at radius 2 is 1.65 bits per heavy atom. The van der Waals surface area contributed by atoms with Crippen molar-refractivity contribution < 1.29 is 19.1 Å². The molecule has 1 atom stereocenters. The number of amides is 1. The van der Waals surface area contributed by atoms with Gasteiger partial charge in [0.15, 0.2) is 11.6 Å². The van der Waals surface area contributed by atoms with Gasteiger partial charge in [-0.05, 0) is 53.0 Å². The smallest absolute Gasteiger partial charge is 0.220 e. The number of Topliss-reactive ketones (excluding diaryl/α,β-unsaturated/α-hetero) is 2. The van der Waals surface area contributed by atoms with Gasteiger partial charge in [0.2, 0.25) is 5.91 Å². The van der Waals surface area contributed by atoms with Gasteiger partial charge in [0.05, 0.1) is 13.2 Å². The zero-order valence-electron chi connectivity index (χ0n) is 16.1. The normalized spacial score (nSPS) is 20.7. The SMILES string of the molecule is CC1=C(C)C(=O)C(CCC(CCCN2CCOCC2)C(N)=O)=C(C)C1=O. The fourth-order valence-electron chi connectivity index (χ4n) is 3.59. The van der Waals surface area contributed by atoms with Crippen LogP contribution in [0.25, 0.3) is 0 Å². The summed E-state index contributed by atoms with van der Waals surface area (Å²) in [6.07, 6.45) is 2.52. The number of rotatable bonds is 8. The fraction of sp³-hybridized carbons (Fsp3) is 0.650. The van der Waals surface area contributed by atoms with Gasteiger partial charge in [0, 0.05) is 41.3 Å². The van der Waals surface area contributed by atoms with E-state index in [0.717, 1.165) is 39.3 Å². The van der Waals surface area contributed by atoms with E-state index in [9.17, 15) is 14.4 Å². The van der Waals surface area contributed by atoms with Gasteiger partial charge in [-0.15, -0.1) is 0 Å². The van der Waals surface area contributed by atoms with Gasteiger partial charge in [0.1, 0.15) is 0 Å². The molecule has 1 unspecified atom stereocenters. The lowest BCUT2D eigenvalue weighted by molar-refractivity contribution is -0.122. The summed E-state index contributed by atoms with van der Waals surface area (Å²) in [5.41, 5.74) is 7.65. The minimum Gasteiger partial charge on any atom is -0.379 e. The van der Waals surface area contributed by atoms with Crippen LogP contribution in [0, 0.1) is 5.92 Å². The number of nitrogens with two attached hydrogens (primary N) is 1. The lowest BCUT2D eigenvalue weighted by atomic mass is 9.82. The predicted molar refractivity (Wildman–Crippen MR) is 99.5 cm³/mol. The second-order valence-electron chi connectivity index (χ2n) is 7.25. The molecule has 144 valence electrons. The van der Waals surface area contributed by atoms with Crippen LogP contribution in [-0.2, 0) is 19.1 Å². The zero-order valence-corrected chi connectivity index (χ0v) is 16.1. The molecule has 1 saturated heterocycles. The van der Waals surface area contributed by atoms with E-state index in [4.69, 9.17) is 10.5 Å². The van der Waals surface area contributed by atoms with Crippen LogP contribution in [0.2, 0.25) is 0 Å². The molecule has 2 aliphatic rings. The highest BCUT2D eigenvalue weighted by Crippen LogP contribution is 2.28. The molecule has 1 fully saturated rings. The molecule has 0 bridgehead atoms. The number of nitrogens with zero attached hydrogens (tertiary/aromatic N) is 1. The fourth-order valence-corrected chi connectivity index (χ4v) is 3.59. The molecule has 0 spiro atoms. The zero-order chi connectivity index (χ0) is 19.3. The first-order chi connectivity index (χ1) is 12.3. The van der Waals surface area contributed by atoms with Crippen molar-refractivity contribution in [3.63, 3.8) is 0 Å². The molecular weight excluding hydrogens is 332 g/mol. The molecule has 2 N–H and O–H groups in total. The first-order valence-electron chi connectivity index (χ1n) is 9.39. The van der Waals surface area contributed by atoms with Crippen molar-refractivity contribution in [2.45, 2.75) is 46.5 Å². The molecular formula is C20H30N2O4. The molecule has 0 saturated carbocycles. The summed E-state index contributed by atoms with van der Waals surface area (Å²) >= 11 is 0. The highest BCUT2D eigenvalue weighted by Gasteiger charge is 2.28. The van der Waals surface area contributed by atoms with Gasteiger partial charge in [-0.25, -0.2) is 0 Å². The number of carbonyl (C=O) groups excluding carboxylic acids is 3. The molecule has 1 aliphatic carbocycles. The lowest BCUT2D eigenvalue weighted by Gasteiger charge is -2.27. The molecule has 0 aromatic heterocycles. The van der Waals surface area contributed by atoms with Crippen LogP contribution in [0.15, 0.2) is 22.3 Å². The van der Waals surface area contributed by atoms with E-state index < -0.39 is 0 Å². The van der Waals surface area contributed by atoms with Crippen LogP contribution in [0.1, 0.15) is 46.5 Å². The van der Waals surface area contributed by atoms with Gasteiger partial charge in [-0.2, -0.15) is 0 Å². The Morgan fingerprint density at radius 3 is 2.27 bits per heavy atom. The molecule has 1 heterocycles. The van der Waals surface area contributed by atoms with Crippen LogP contribution in [0.4, 0.5) is 0 Å². The third kappa shape index (κ3) is 4.89. The van der Waals surface area contributed by atoms with Crippen molar-refractivity contribution in [1.82, 2.24) is 4.90 Å². The number of primary amides is 1. The predicted octanol–water partition coefficient (Wildman–Crippen LogP) is 1.79. The van der Waals surface area contributed by atoms with Gasteiger partial charge >= 0.3 is 0 Å². The number of carbonyl (C=O) groups is 3. The largest absolute Gasteiger partial charge is 0.379 e. The molecule has 0 aromatic carbocycles. The average Bonchev–Trinajstić information content (AvgIpc) is 2.64. The number of hydrogen-bond acceptors (Lipinski definition) is 5. The molecule has 1 amide bonds. The summed E-state index contributed by atoms with van der Waals surface area (Å²) < 4.78 is 5.33. The third-order valence-electron chi connectivity index (χ3n) is 5.59. The summed E-state index contributed by atoms with van der Waals surface area (Å²) in [5.74, 6) is -0.744. The van der Waals surface area contributed by atoms with Crippen molar-refractivity contribution in [2.24, 2.45) is 11.7 Å². The molecule has 2 rings (SSSR count). The Morgan fingerprint density at radius 1 is 1.04 bits per heavy atom. The summed E-state index contributed by atoms with van der Waals surface area (Å²) in [6, 6.07) is 0. The van der Waals surface area contributed by atoms with Crippen LogP contribution < -0.4 is 5.73 Å². The van der Waals surface area contributed by atoms with E-state index in [1.807, 2.05) is 0 Å². The van der Waals surface area contributed by atoms with Crippen LogP contribution in [0.3, 0.4) is 0 Å². The maximum atomic E-state index is 12.5. The molecule has 0 radical (unpaired) electrons. The van der Waals surface area contributed by atoms with Crippen molar-refractivity contribution in [1.29, 1.82) is 0 Å². The number of hydrogen-bond donors (Lipinski definition) is 1. The van der Waals surface area contributed by atoms with Crippen molar-refractivity contribution >= 4 is 17.5 Å². The quantitative estimate of drug-likeness (QED) is 0.665. The maximum absolute atomic E-state index is 12.5. The molecule has 0 aromatic rings. The minimum atomic E-state index is -0.330. The van der Waals surface area contributed by atoms with Crippen LogP contribution >= 0.6 is 0 Å². The van der Waals surface area contributed by atoms with E-state index in [-0.39, 0.29) is 23.4 Å². The topological polar surface area (TPSA) is 89.7 Å². The standard InChI is InChI=1S/C20H30N2O4/c1-13-14(2)19(24)17(15(3)18(13)23)7-6-16(20(21)25)5-4-8-22-9-11-26-12-10-22/h16H,4-12H2,1-3H3,(H2,21,25). The number of ether oxygens (including phenoxy) is 1. The summed E-state index contributed by atoms with van der Waals surface area (Å²) in [7, 11) is 0. The molecule has 26 heavy (non-hydrogen) atoms. The Labute approximate surface area is 155 Å². The Hall–Kier alpha value is -1.79. The highest BCUT2D eigenvalue weighted by atomic mass is 16.5. The second-order valence-corrected chi connectivity index (χ2v) is 7.25. The van der Waals surface area contributed by atoms with Crippen LogP contribution in [-0.4, -0.2) is 55.2 Å². The van der Waals surface area contributed by atoms with Crippen LogP contribution in [0.5, 0.6) is 0 Å². The monoisotopic (exact) mass is 362 g/mol. The Kier molecular flexibility index (Phi) is 7.29. The van der Waals surface area contributed by atoms with Gasteiger partial charge < -0.3 is 10.5 Å². The molecule has 6 heteroatoms. The van der Waals surface area contributed by atoms with Gasteiger partial charge in [-0.3, -0.25) is 19.3 Å². The van der Waals surface area contributed by atoms with E-state index in [1.54, 1.807) is 20.8 Å². The second kappa shape index (κ2) is 9.24. The summed E-state index contributed by atoms with van der Waals surface area (Å²) in [6.45, 7) is 9.37. The maximum Gasteiger partial charge on any atom is 0.220 e. The Bertz CT molecular complexity index is 642. The van der Waals surface area contributed by atoms with E-state index in [1.165, 1.54) is 0 Å². The minimum absolute atomic E-state index is 0.0694. The summed E-state index contributed by atoms with van der Waals surface area (Å²) in [5, 5.41) is 0. The van der Waals surface area contributed by atoms with E-state index >= 15 is 0 Å². The van der Waals surface area contributed by atoms with Crippen molar-refractivity contribution in [2.75, 3.05) is 32.8 Å². The average molecular weight is 362 g/mol. The van der Waals surface area contributed by atoms with E-state index in [0.29, 0.717) is 41.6 Å². The lowest BCUT2D eigenvalue weighted by Crippen LogP contribution is -2.37. The van der Waals surface area contributed by atoms with Gasteiger partial charge in [-0.1, -0.05) is 0 Å². The third-order valence-corrected chi connectivity index (χ3v) is 5.59. The number of allylic oxidation sites excluding steroid dienone is 4. The Balaban J connectivity index is 1.90.